The van der Waals surface area contributed by atoms with Crippen LogP contribution in [0.1, 0.15) is 19.0 Å². The molecule has 0 bridgehead atoms. The maximum absolute atomic E-state index is 5.28. The highest BCUT2D eigenvalue weighted by Crippen LogP contribution is 2.30. The second-order valence-corrected chi connectivity index (χ2v) is 5.91. The summed E-state index contributed by atoms with van der Waals surface area (Å²) in [5.74, 6) is 0.848. The van der Waals surface area contributed by atoms with Crippen LogP contribution in [0.5, 0.6) is 5.75 Å². The predicted octanol–water partition coefficient (Wildman–Crippen LogP) is 4.83. The van der Waals surface area contributed by atoms with E-state index in [1.165, 1.54) is 0 Å². The fourth-order valence-electron chi connectivity index (χ4n) is 2.33. The van der Waals surface area contributed by atoms with E-state index in [9.17, 15) is 0 Å². The molecule has 112 valence electrons. The Kier molecular flexibility index (Phi) is 4.49. The zero-order chi connectivity index (χ0) is 15.4. The fourth-order valence-corrected chi connectivity index (χ4v) is 3.15. The normalized spacial score (nSPS) is 10.6. The Labute approximate surface area is 134 Å². The van der Waals surface area contributed by atoms with Crippen LogP contribution in [0, 0.1) is 0 Å². The summed E-state index contributed by atoms with van der Waals surface area (Å²) in [6, 6.07) is 12.1. The molecular formula is C18H18N2OS. The number of hydrogen-bond donors (Lipinski definition) is 0. The van der Waals surface area contributed by atoms with Crippen molar-refractivity contribution < 1.29 is 4.74 Å². The Balaban J connectivity index is 1.91. The lowest BCUT2D eigenvalue weighted by atomic mass is 10.1. The third-order valence-corrected chi connectivity index (χ3v) is 4.33. The Hall–Kier alpha value is -2.20. The first-order valence-electron chi connectivity index (χ1n) is 7.35. The molecule has 0 aliphatic rings. The summed E-state index contributed by atoms with van der Waals surface area (Å²) in [6.07, 6.45) is 3.97. The average Bonchev–Trinajstić information content (AvgIpc) is 3.06. The van der Waals surface area contributed by atoms with Gasteiger partial charge in [-0.2, -0.15) is 0 Å². The van der Waals surface area contributed by atoms with Crippen molar-refractivity contribution in [3.05, 3.63) is 53.7 Å². The van der Waals surface area contributed by atoms with Crippen LogP contribution in [-0.4, -0.2) is 17.1 Å². The fraction of sp³-hybridized carbons (Fsp3) is 0.222. The van der Waals surface area contributed by atoms with E-state index in [1.54, 1.807) is 18.4 Å². The maximum atomic E-state index is 5.28. The van der Waals surface area contributed by atoms with Gasteiger partial charge >= 0.3 is 0 Å². The minimum absolute atomic E-state index is 0.848. The molecule has 22 heavy (non-hydrogen) atoms. The van der Waals surface area contributed by atoms with Crippen LogP contribution >= 0.6 is 11.3 Å². The average molecular weight is 310 g/mol. The lowest BCUT2D eigenvalue weighted by Gasteiger charge is -2.02. The molecule has 0 saturated heterocycles. The SMILES string of the molecule is CCCc1cc(-c2nc(-c3cccc(OC)c3)cs2)ccn1. The first-order chi connectivity index (χ1) is 10.8. The van der Waals surface area contributed by atoms with E-state index in [0.717, 1.165) is 46.1 Å². The van der Waals surface area contributed by atoms with Crippen LogP contribution < -0.4 is 4.74 Å². The van der Waals surface area contributed by atoms with Gasteiger partial charge in [0.15, 0.2) is 0 Å². The Morgan fingerprint density at radius 3 is 2.86 bits per heavy atom. The molecule has 0 N–H and O–H groups in total. The van der Waals surface area contributed by atoms with E-state index in [0.29, 0.717) is 0 Å². The molecule has 0 atom stereocenters. The van der Waals surface area contributed by atoms with Crippen molar-refractivity contribution in [3.8, 4) is 27.6 Å². The molecule has 0 aliphatic carbocycles. The van der Waals surface area contributed by atoms with Gasteiger partial charge in [-0.15, -0.1) is 11.3 Å². The highest BCUT2D eigenvalue weighted by Gasteiger charge is 2.08. The van der Waals surface area contributed by atoms with E-state index >= 15 is 0 Å². The van der Waals surface area contributed by atoms with Gasteiger partial charge in [-0.3, -0.25) is 4.98 Å². The summed E-state index contributed by atoms with van der Waals surface area (Å²) in [5, 5.41) is 3.11. The maximum Gasteiger partial charge on any atom is 0.124 e. The van der Waals surface area contributed by atoms with Gasteiger partial charge in [0.25, 0.3) is 0 Å². The van der Waals surface area contributed by atoms with Gasteiger partial charge in [-0.05, 0) is 30.7 Å². The molecule has 3 aromatic rings. The Morgan fingerprint density at radius 1 is 1.14 bits per heavy atom. The number of aromatic nitrogens is 2. The number of methoxy groups -OCH3 is 1. The molecule has 3 nitrogen and oxygen atoms in total. The van der Waals surface area contributed by atoms with Gasteiger partial charge < -0.3 is 4.74 Å². The highest BCUT2D eigenvalue weighted by atomic mass is 32.1. The molecule has 1 aromatic carbocycles. The number of pyridine rings is 1. The van der Waals surface area contributed by atoms with Crippen LogP contribution in [0.3, 0.4) is 0 Å². The minimum Gasteiger partial charge on any atom is -0.497 e. The second kappa shape index (κ2) is 6.71. The summed E-state index contributed by atoms with van der Waals surface area (Å²) in [4.78, 5) is 9.17. The van der Waals surface area contributed by atoms with Crippen molar-refractivity contribution in [2.45, 2.75) is 19.8 Å². The molecule has 0 spiro atoms. The summed E-state index contributed by atoms with van der Waals surface area (Å²) in [7, 11) is 1.68. The number of thiazole rings is 1. The topological polar surface area (TPSA) is 35.0 Å². The van der Waals surface area contributed by atoms with Gasteiger partial charge in [0.05, 0.1) is 12.8 Å². The summed E-state index contributed by atoms with van der Waals surface area (Å²) in [6.45, 7) is 2.17. The standard InChI is InChI=1S/C18H18N2OS/c1-3-5-15-10-14(8-9-19-15)18-20-17(12-22-18)13-6-4-7-16(11-13)21-2/h4,6-12H,3,5H2,1-2H3. The summed E-state index contributed by atoms with van der Waals surface area (Å²) in [5.41, 5.74) is 4.31. The van der Waals surface area contributed by atoms with Crippen LogP contribution in [-0.2, 0) is 6.42 Å². The quantitative estimate of drug-likeness (QED) is 0.677. The van der Waals surface area contributed by atoms with E-state index in [4.69, 9.17) is 9.72 Å². The minimum atomic E-state index is 0.848. The van der Waals surface area contributed by atoms with Gasteiger partial charge in [0.1, 0.15) is 10.8 Å². The van der Waals surface area contributed by atoms with Crippen LogP contribution in [0.25, 0.3) is 21.8 Å². The van der Waals surface area contributed by atoms with Gasteiger partial charge in [0, 0.05) is 28.4 Å². The first-order valence-corrected chi connectivity index (χ1v) is 8.23. The number of hydrogen-bond acceptors (Lipinski definition) is 4. The van der Waals surface area contributed by atoms with Crippen LogP contribution in [0.15, 0.2) is 48.0 Å². The lowest BCUT2D eigenvalue weighted by Crippen LogP contribution is -1.89. The smallest absolute Gasteiger partial charge is 0.124 e. The molecule has 0 radical (unpaired) electrons. The zero-order valence-electron chi connectivity index (χ0n) is 12.7. The van der Waals surface area contributed by atoms with Crippen molar-refractivity contribution in [2.24, 2.45) is 0 Å². The van der Waals surface area contributed by atoms with Gasteiger partial charge in [0.2, 0.25) is 0 Å². The van der Waals surface area contributed by atoms with Crippen molar-refractivity contribution in [2.75, 3.05) is 7.11 Å². The third-order valence-electron chi connectivity index (χ3n) is 3.44. The molecule has 3 rings (SSSR count). The molecule has 0 fully saturated rings. The molecule has 4 heteroatoms. The summed E-state index contributed by atoms with van der Waals surface area (Å²) < 4.78 is 5.28. The largest absolute Gasteiger partial charge is 0.497 e. The van der Waals surface area contributed by atoms with Crippen LogP contribution in [0.4, 0.5) is 0 Å². The van der Waals surface area contributed by atoms with Crippen molar-refractivity contribution in [1.82, 2.24) is 9.97 Å². The van der Waals surface area contributed by atoms with Gasteiger partial charge in [-0.1, -0.05) is 25.5 Å². The third kappa shape index (κ3) is 3.17. The molecule has 0 unspecified atom stereocenters. The second-order valence-electron chi connectivity index (χ2n) is 5.06. The lowest BCUT2D eigenvalue weighted by molar-refractivity contribution is 0.415. The van der Waals surface area contributed by atoms with E-state index in [1.807, 2.05) is 30.5 Å². The number of rotatable bonds is 5. The number of aryl methyl sites for hydroxylation is 1. The molecule has 2 heterocycles. The summed E-state index contributed by atoms with van der Waals surface area (Å²) >= 11 is 1.66. The molecule has 2 aromatic heterocycles. The molecule has 0 amide bonds. The number of ether oxygens (including phenoxy) is 1. The predicted molar refractivity (Wildman–Crippen MR) is 91.3 cm³/mol. The van der Waals surface area contributed by atoms with Crippen molar-refractivity contribution in [1.29, 1.82) is 0 Å². The first kappa shape index (κ1) is 14.7. The van der Waals surface area contributed by atoms with E-state index < -0.39 is 0 Å². The van der Waals surface area contributed by atoms with E-state index in [2.05, 4.69) is 29.4 Å². The Bertz CT molecular complexity index is 767. The molecular weight excluding hydrogens is 292 g/mol. The molecule has 0 saturated carbocycles. The van der Waals surface area contributed by atoms with Crippen molar-refractivity contribution >= 4 is 11.3 Å². The van der Waals surface area contributed by atoms with Crippen molar-refractivity contribution in [3.63, 3.8) is 0 Å². The monoisotopic (exact) mass is 310 g/mol. The number of benzene rings is 1. The number of nitrogens with zero attached hydrogens (tertiary/aromatic N) is 2. The zero-order valence-corrected chi connectivity index (χ0v) is 13.6. The van der Waals surface area contributed by atoms with Crippen LogP contribution in [0.2, 0.25) is 0 Å². The Morgan fingerprint density at radius 2 is 2.05 bits per heavy atom. The van der Waals surface area contributed by atoms with Gasteiger partial charge in [-0.25, -0.2) is 4.98 Å². The molecule has 0 aliphatic heterocycles. The van der Waals surface area contributed by atoms with E-state index in [-0.39, 0.29) is 0 Å². The highest BCUT2D eigenvalue weighted by molar-refractivity contribution is 7.13.